The Hall–Kier alpha value is -3.37. The van der Waals surface area contributed by atoms with Crippen LogP contribution in [0.2, 0.25) is 0 Å². The Bertz CT molecular complexity index is 1140. The molecule has 0 atom stereocenters. The fourth-order valence-electron chi connectivity index (χ4n) is 3.00. The highest BCUT2D eigenvalue weighted by Crippen LogP contribution is 2.24. The Morgan fingerprint density at radius 1 is 1.12 bits per heavy atom. The molecule has 2 aromatic heterocycles. The first-order valence-electron chi connectivity index (χ1n) is 10.8. The van der Waals surface area contributed by atoms with Crippen LogP contribution in [0.3, 0.4) is 0 Å². The normalized spacial score (nSPS) is 10.8. The van der Waals surface area contributed by atoms with E-state index in [1.165, 1.54) is 0 Å². The standard InChI is InChI=1S/C22H25N5O2S.C2H4O2/c1-27(2)12-5-13-28-17-10-8-16(9-11-17)22-26-25-21(29-22)15-30-14-20-23-18-6-3-4-7-19(18)24-20;1-2(3)4/h3-4,6-11H,5,12-15H2,1-2H3,(H,23,24);1H3,(H,3,4). The Kier molecular flexibility index (Phi) is 9.48. The molecule has 0 aliphatic heterocycles. The zero-order valence-corrected chi connectivity index (χ0v) is 20.3. The molecule has 34 heavy (non-hydrogen) atoms. The van der Waals surface area contributed by atoms with Crippen molar-refractivity contribution < 1.29 is 19.1 Å². The van der Waals surface area contributed by atoms with Gasteiger partial charge in [0.1, 0.15) is 11.6 Å². The van der Waals surface area contributed by atoms with Gasteiger partial charge in [-0.05, 0) is 56.9 Å². The third-order valence-electron chi connectivity index (χ3n) is 4.49. The molecule has 9 nitrogen and oxygen atoms in total. The van der Waals surface area contributed by atoms with Gasteiger partial charge in [-0.25, -0.2) is 4.98 Å². The van der Waals surface area contributed by atoms with Crippen molar-refractivity contribution in [1.29, 1.82) is 0 Å². The van der Waals surface area contributed by atoms with E-state index in [0.717, 1.165) is 53.8 Å². The lowest BCUT2D eigenvalue weighted by molar-refractivity contribution is -0.134. The lowest BCUT2D eigenvalue weighted by atomic mass is 10.2. The van der Waals surface area contributed by atoms with Crippen molar-refractivity contribution >= 4 is 28.8 Å². The molecule has 180 valence electrons. The zero-order chi connectivity index (χ0) is 24.3. The van der Waals surface area contributed by atoms with Gasteiger partial charge in [-0.2, -0.15) is 0 Å². The van der Waals surface area contributed by atoms with E-state index in [-0.39, 0.29) is 0 Å². The number of benzene rings is 2. The quantitative estimate of drug-likeness (QED) is 0.315. The van der Waals surface area contributed by atoms with Crippen LogP contribution in [0.15, 0.2) is 52.9 Å². The maximum atomic E-state index is 9.00. The second kappa shape index (κ2) is 12.8. The number of aliphatic carboxylic acids is 1. The number of carboxylic acid groups (broad SMARTS) is 1. The van der Waals surface area contributed by atoms with Crippen LogP contribution in [0.25, 0.3) is 22.5 Å². The summed E-state index contributed by atoms with van der Waals surface area (Å²) in [6.45, 7) is 2.79. The summed E-state index contributed by atoms with van der Waals surface area (Å²) in [5, 5.41) is 15.8. The van der Waals surface area contributed by atoms with Crippen molar-refractivity contribution in [3.05, 3.63) is 60.2 Å². The summed E-state index contributed by atoms with van der Waals surface area (Å²) < 4.78 is 11.6. The number of H-pyrrole nitrogens is 1. The van der Waals surface area contributed by atoms with Crippen molar-refractivity contribution in [2.45, 2.75) is 24.9 Å². The van der Waals surface area contributed by atoms with Gasteiger partial charge in [0, 0.05) is 19.0 Å². The lowest BCUT2D eigenvalue weighted by Gasteiger charge is -2.10. The molecule has 0 radical (unpaired) electrons. The maximum Gasteiger partial charge on any atom is 0.300 e. The van der Waals surface area contributed by atoms with E-state index in [0.29, 0.717) is 24.1 Å². The first kappa shape index (κ1) is 25.3. The van der Waals surface area contributed by atoms with Crippen molar-refractivity contribution in [3.63, 3.8) is 0 Å². The van der Waals surface area contributed by atoms with Gasteiger partial charge < -0.3 is 24.1 Å². The number of thioether (sulfide) groups is 1. The van der Waals surface area contributed by atoms with Gasteiger partial charge in [-0.1, -0.05) is 12.1 Å². The smallest absolute Gasteiger partial charge is 0.300 e. The minimum absolute atomic E-state index is 0.522. The van der Waals surface area contributed by atoms with E-state index < -0.39 is 5.97 Å². The SMILES string of the molecule is CC(=O)O.CN(C)CCCOc1ccc(-c2nnc(CSCc3nc4ccccc4[nH]3)o2)cc1. The van der Waals surface area contributed by atoms with Gasteiger partial charge in [-0.3, -0.25) is 4.79 Å². The number of nitrogens with one attached hydrogen (secondary N) is 1. The molecule has 2 heterocycles. The summed E-state index contributed by atoms with van der Waals surface area (Å²) in [7, 11) is 4.12. The number of rotatable bonds is 10. The fraction of sp³-hybridized carbons (Fsp3) is 0.333. The van der Waals surface area contributed by atoms with Gasteiger partial charge in [0.2, 0.25) is 11.8 Å². The number of hydrogen-bond donors (Lipinski definition) is 2. The van der Waals surface area contributed by atoms with E-state index in [2.05, 4.69) is 39.2 Å². The molecular weight excluding hydrogens is 454 g/mol. The molecular formula is C24H29N5O4S. The second-order valence-corrected chi connectivity index (χ2v) is 8.73. The van der Waals surface area contributed by atoms with E-state index in [1.807, 2.05) is 48.5 Å². The molecule has 0 unspecified atom stereocenters. The minimum Gasteiger partial charge on any atom is -0.494 e. The summed E-state index contributed by atoms with van der Waals surface area (Å²) in [5.41, 5.74) is 2.92. The van der Waals surface area contributed by atoms with Crippen LogP contribution >= 0.6 is 11.8 Å². The number of hydrogen-bond acceptors (Lipinski definition) is 8. The monoisotopic (exact) mass is 483 g/mol. The number of carbonyl (C=O) groups is 1. The van der Waals surface area contributed by atoms with Crippen molar-refractivity contribution in [3.8, 4) is 17.2 Å². The number of fused-ring (bicyclic) bond motifs is 1. The summed E-state index contributed by atoms with van der Waals surface area (Å²) in [4.78, 5) is 19.1. The third kappa shape index (κ3) is 8.20. The van der Waals surface area contributed by atoms with E-state index >= 15 is 0 Å². The third-order valence-corrected chi connectivity index (χ3v) is 5.42. The Morgan fingerprint density at radius 3 is 2.56 bits per heavy atom. The molecule has 0 bridgehead atoms. The zero-order valence-electron chi connectivity index (χ0n) is 19.5. The van der Waals surface area contributed by atoms with Crippen LogP contribution in [0.1, 0.15) is 25.1 Å². The largest absolute Gasteiger partial charge is 0.494 e. The molecule has 0 aliphatic rings. The summed E-state index contributed by atoms with van der Waals surface area (Å²) >= 11 is 1.69. The molecule has 0 saturated carbocycles. The second-order valence-electron chi connectivity index (χ2n) is 7.74. The van der Waals surface area contributed by atoms with Crippen LogP contribution in [0.4, 0.5) is 0 Å². The molecule has 0 fully saturated rings. The van der Waals surface area contributed by atoms with Crippen LogP contribution in [-0.2, 0) is 16.3 Å². The molecule has 10 heteroatoms. The predicted octanol–water partition coefficient (Wildman–Crippen LogP) is 4.47. The molecule has 2 N–H and O–H groups in total. The fourth-order valence-corrected chi connectivity index (χ4v) is 3.73. The van der Waals surface area contributed by atoms with Gasteiger partial charge in [0.05, 0.1) is 29.1 Å². The number of aromatic nitrogens is 4. The number of ether oxygens (including phenoxy) is 1. The predicted molar refractivity (Wildman–Crippen MR) is 133 cm³/mol. The number of carboxylic acids is 1. The van der Waals surface area contributed by atoms with Crippen LogP contribution in [-0.4, -0.2) is 63.4 Å². The van der Waals surface area contributed by atoms with E-state index in [1.54, 1.807) is 11.8 Å². The summed E-state index contributed by atoms with van der Waals surface area (Å²) in [6, 6.07) is 15.8. The number of aromatic amines is 1. The molecule has 0 amide bonds. The number of imidazole rings is 1. The Morgan fingerprint density at radius 2 is 1.85 bits per heavy atom. The van der Waals surface area contributed by atoms with Gasteiger partial charge >= 0.3 is 0 Å². The van der Waals surface area contributed by atoms with Gasteiger partial charge in [-0.15, -0.1) is 22.0 Å². The summed E-state index contributed by atoms with van der Waals surface area (Å²) in [6.07, 6.45) is 0.994. The average molecular weight is 484 g/mol. The molecule has 4 aromatic rings. The minimum atomic E-state index is -0.833. The van der Waals surface area contributed by atoms with E-state index in [9.17, 15) is 0 Å². The molecule has 0 saturated heterocycles. The first-order valence-corrected chi connectivity index (χ1v) is 12.0. The molecule has 0 aliphatic carbocycles. The highest BCUT2D eigenvalue weighted by atomic mass is 32.2. The number of nitrogens with zero attached hydrogens (tertiary/aromatic N) is 4. The maximum absolute atomic E-state index is 9.00. The summed E-state index contributed by atoms with van der Waals surface area (Å²) in [5.74, 6) is 3.48. The molecule has 2 aromatic carbocycles. The average Bonchev–Trinajstić information content (AvgIpc) is 3.43. The molecule has 4 rings (SSSR count). The lowest BCUT2D eigenvalue weighted by Crippen LogP contribution is -2.15. The van der Waals surface area contributed by atoms with Crippen LogP contribution in [0.5, 0.6) is 5.75 Å². The first-order chi connectivity index (χ1) is 16.4. The molecule has 0 spiro atoms. The van der Waals surface area contributed by atoms with Crippen LogP contribution < -0.4 is 4.74 Å². The van der Waals surface area contributed by atoms with Crippen molar-refractivity contribution in [1.82, 2.24) is 25.1 Å². The number of para-hydroxylation sites is 2. The van der Waals surface area contributed by atoms with Gasteiger partial charge in [0.15, 0.2) is 0 Å². The van der Waals surface area contributed by atoms with E-state index in [4.69, 9.17) is 19.1 Å². The Balaban J connectivity index is 0.000000751. The van der Waals surface area contributed by atoms with Crippen molar-refractivity contribution in [2.24, 2.45) is 0 Å². The van der Waals surface area contributed by atoms with Gasteiger partial charge in [0.25, 0.3) is 5.97 Å². The topological polar surface area (TPSA) is 117 Å². The van der Waals surface area contributed by atoms with Crippen molar-refractivity contribution in [2.75, 3.05) is 27.2 Å². The highest BCUT2D eigenvalue weighted by molar-refractivity contribution is 7.97. The van der Waals surface area contributed by atoms with Crippen LogP contribution in [0, 0.1) is 0 Å². The Labute approximate surface area is 202 Å². The highest BCUT2D eigenvalue weighted by Gasteiger charge is 2.10.